The molecule has 1 aromatic carbocycles. The minimum absolute atomic E-state index is 0.0290. The fourth-order valence-electron chi connectivity index (χ4n) is 3.71. The summed E-state index contributed by atoms with van der Waals surface area (Å²) in [6, 6.07) is 12.7. The lowest BCUT2D eigenvalue weighted by molar-refractivity contribution is -0.145. The smallest absolute Gasteiger partial charge is 0.320 e. The number of piperidine rings is 1. The topological polar surface area (TPSA) is 40.5 Å². The summed E-state index contributed by atoms with van der Waals surface area (Å²) < 4.78 is 0. The molecule has 1 aliphatic rings. The summed E-state index contributed by atoms with van der Waals surface area (Å²) in [5.74, 6) is -0.199. The third-order valence-electron chi connectivity index (χ3n) is 5.11. The average molecular weight is 358 g/mol. The predicted octanol–water partition coefficient (Wildman–Crippen LogP) is 5.21. The Kier molecular flexibility index (Phi) is 5.60. The average Bonchev–Trinajstić information content (AvgIpc) is 3.02. The molecule has 0 bridgehead atoms. The molecule has 2 unspecified atom stereocenters. The number of rotatable bonds is 5. The van der Waals surface area contributed by atoms with Gasteiger partial charge in [-0.2, -0.15) is 0 Å². The second-order valence-corrected chi connectivity index (χ2v) is 8.58. The minimum atomic E-state index is -0.697. The molecule has 0 saturated carbocycles. The van der Waals surface area contributed by atoms with Crippen molar-refractivity contribution in [1.29, 1.82) is 0 Å². The fraction of sp³-hybridized carbons (Fsp3) is 0.476. The van der Waals surface area contributed by atoms with Crippen molar-refractivity contribution >= 4 is 17.3 Å². The maximum Gasteiger partial charge on any atom is 0.320 e. The molecule has 25 heavy (non-hydrogen) atoms. The Hall–Kier alpha value is -1.65. The van der Waals surface area contributed by atoms with E-state index in [1.807, 2.05) is 0 Å². The molecular formula is C21H27NO2S. The maximum atomic E-state index is 11.8. The number of carbonyl (C=O) groups is 1. The summed E-state index contributed by atoms with van der Waals surface area (Å²) in [5.41, 5.74) is 2.51. The summed E-state index contributed by atoms with van der Waals surface area (Å²) >= 11 is 1.77. The molecule has 3 rings (SSSR count). The van der Waals surface area contributed by atoms with Gasteiger partial charge in [0.2, 0.25) is 0 Å². The third kappa shape index (κ3) is 3.96. The second kappa shape index (κ2) is 7.71. The number of aliphatic carboxylic acids is 1. The van der Waals surface area contributed by atoms with Crippen molar-refractivity contribution in [2.75, 3.05) is 6.54 Å². The van der Waals surface area contributed by atoms with E-state index in [1.165, 1.54) is 20.9 Å². The van der Waals surface area contributed by atoms with Crippen LogP contribution in [0.5, 0.6) is 0 Å². The Morgan fingerprint density at radius 1 is 1.12 bits per heavy atom. The van der Waals surface area contributed by atoms with Gasteiger partial charge < -0.3 is 5.11 Å². The first-order valence-corrected chi connectivity index (χ1v) is 9.93. The predicted molar refractivity (Wildman–Crippen MR) is 103 cm³/mol. The highest BCUT2D eigenvalue weighted by Gasteiger charge is 2.35. The van der Waals surface area contributed by atoms with Crippen LogP contribution in [-0.2, 0) is 4.79 Å². The zero-order valence-electron chi connectivity index (χ0n) is 15.2. The number of nitrogens with zero attached hydrogens (tertiary/aromatic N) is 1. The number of benzene rings is 1. The van der Waals surface area contributed by atoms with Crippen molar-refractivity contribution in [3.05, 3.63) is 57.3 Å². The van der Waals surface area contributed by atoms with E-state index in [1.54, 1.807) is 11.3 Å². The molecule has 134 valence electrons. The van der Waals surface area contributed by atoms with Gasteiger partial charge in [0.1, 0.15) is 6.04 Å². The van der Waals surface area contributed by atoms with Crippen LogP contribution < -0.4 is 0 Å². The quantitative estimate of drug-likeness (QED) is 0.799. The number of likely N-dealkylation sites (tertiary alicyclic amines) is 1. The third-order valence-corrected chi connectivity index (χ3v) is 6.16. The molecule has 0 radical (unpaired) electrons. The first-order valence-electron chi connectivity index (χ1n) is 9.12. The molecule has 0 aliphatic carbocycles. The number of thiophene rings is 1. The van der Waals surface area contributed by atoms with Crippen LogP contribution in [0.25, 0.3) is 0 Å². The lowest BCUT2D eigenvalue weighted by Gasteiger charge is -2.39. The van der Waals surface area contributed by atoms with Crippen LogP contribution >= 0.6 is 11.3 Å². The van der Waals surface area contributed by atoms with Crippen LogP contribution in [0, 0.1) is 6.92 Å². The van der Waals surface area contributed by atoms with E-state index in [9.17, 15) is 9.90 Å². The molecule has 1 aliphatic heterocycles. The van der Waals surface area contributed by atoms with Crippen LogP contribution in [0.4, 0.5) is 0 Å². The minimum Gasteiger partial charge on any atom is -0.480 e. The van der Waals surface area contributed by atoms with Crippen LogP contribution in [-0.4, -0.2) is 28.6 Å². The first-order chi connectivity index (χ1) is 12.0. The van der Waals surface area contributed by atoms with Crippen molar-refractivity contribution < 1.29 is 9.90 Å². The van der Waals surface area contributed by atoms with E-state index in [4.69, 9.17) is 0 Å². The molecule has 3 nitrogen and oxygen atoms in total. The van der Waals surface area contributed by atoms with E-state index in [-0.39, 0.29) is 6.04 Å². The van der Waals surface area contributed by atoms with Gasteiger partial charge in [0.25, 0.3) is 0 Å². The van der Waals surface area contributed by atoms with Crippen molar-refractivity contribution in [3.8, 4) is 0 Å². The van der Waals surface area contributed by atoms with E-state index < -0.39 is 12.0 Å². The molecule has 0 spiro atoms. The van der Waals surface area contributed by atoms with Gasteiger partial charge in [-0.1, -0.05) is 44.5 Å². The number of carboxylic acids is 1. The van der Waals surface area contributed by atoms with Crippen LogP contribution in [0.15, 0.2) is 36.4 Å². The van der Waals surface area contributed by atoms with Crippen LogP contribution in [0.1, 0.15) is 66.0 Å². The molecule has 1 saturated heterocycles. The van der Waals surface area contributed by atoms with Crippen molar-refractivity contribution in [1.82, 2.24) is 4.90 Å². The normalized spacial score (nSPS) is 19.9. The van der Waals surface area contributed by atoms with Gasteiger partial charge in [-0.15, -0.1) is 11.3 Å². The number of carboxylic acid groups (broad SMARTS) is 1. The van der Waals surface area contributed by atoms with Gasteiger partial charge in [-0.05, 0) is 55.5 Å². The van der Waals surface area contributed by atoms with Gasteiger partial charge in [0, 0.05) is 9.75 Å². The number of aryl methyl sites for hydroxylation is 1. The highest BCUT2D eigenvalue weighted by atomic mass is 32.1. The molecule has 1 aromatic heterocycles. The Labute approximate surface area is 154 Å². The first kappa shape index (κ1) is 18.2. The molecule has 2 atom stereocenters. The lowest BCUT2D eigenvalue weighted by Crippen LogP contribution is -2.46. The summed E-state index contributed by atoms with van der Waals surface area (Å²) in [6.45, 7) is 7.34. The van der Waals surface area contributed by atoms with Crippen molar-refractivity contribution in [3.63, 3.8) is 0 Å². The molecule has 0 amide bonds. The molecular weight excluding hydrogens is 330 g/mol. The van der Waals surface area contributed by atoms with Gasteiger partial charge in [-0.25, -0.2) is 0 Å². The summed E-state index contributed by atoms with van der Waals surface area (Å²) in [4.78, 5) is 16.5. The van der Waals surface area contributed by atoms with Crippen molar-refractivity contribution in [2.45, 2.75) is 58.0 Å². The van der Waals surface area contributed by atoms with E-state index in [2.05, 4.69) is 62.1 Å². The Morgan fingerprint density at radius 2 is 1.80 bits per heavy atom. The summed E-state index contributed by atoms with van der Waals surface area (Å²) in [7, 11) is 0. The van der Waals surface area contributed by atoms with E-state index >= 15 is 0 Å². The maximum absolute atomic E-state index is 11.8. The lowest BCUT2D eigenvalue weighted by atomic mass is 9.93. The highest BCUT2D eigenvalue weighted by Crippen LogP contribution is 2.37. The van der Waals surface area contributed by atoms with Gasteiger partial charge >= 0.3 is 5.97 Å². The molecule has 1 N–H and O–H groups in total. The SMILES string of the molecule is Cc1ccc(C(c2ccc(C(C)C)cc2)N2CCCCC2C(=O)O)s1. The number of hydrogen-bond acceptors (Lipinski definition) is 3. The molecule has 1 fully saturated rings. The van der Waals surface area contributed by atoms with Crippen LogP contribution in [0.3, 0.4) is 0 Å². The highest BCUT2D eigenvalue weighted by molar-refractivity contribution is 7.12. The monoisotopic (exact) mass is 357 g/mol. The van der Waals surface area contributed by atoms with Gasteiger partial charge in [0.15, 0.2) is 0 Å². The Balaban J connectivity index is 2.01. The standard InChI is InChI=1S/C21H27NO2S/c1-14(2)16-8-10-17(11-9-16)20(19-12-7-15(3)25-19)22-13-5-4-6-18(22)21(23)24/h7-12,14,18,20H,4-6,13H2,1-3H3,(H,23,24). The van der Waals surface area contributed by atoms with Gasteiger partial charge in [-0.3, -0.25) is 9.69 Å². The summed E-state index contributed by atoms with van der Waals surface area (Å²) in [6.07, 6.45) is 2.80. The largest absolute Gasteiger partial charge is 0.480 e. The number of hydrogen-bond donors (Lipinski definition) is 1. The second-order valence-electron chi connectivity index (χ2n) is 7.26. The zero-order chi connectivity index (χ0) is 18.0. The molecule has 2 aromatic rings. The Morgan fingerprint density at radius 3 is 2.36 bits per heavy atom. The van der Waals surface area contributed by atoms with Gasteiger partial charge in [0.05, 0.1) is 6.04 Å². The van der Waals surface area contributed by atoms with Crippen LogP contribution in [0.2, 0.25) is 0 Å². The summed E-state index contributed by atoms with van der Waals surface area (Å²) in [5, 5.41) is 9.74. The molecule has 2 heterocycles. The zero-order valence-corrected chi connectivity index (χ0v) is 16.1. The van der Waals surface area contributed by atoms with E-state index in [0.29, 0.717) is 5.92 Å². The Bertz CT molecular complexity index is 720. The molecule has 4 heteroatoms. The fourth-order valence-corrected chi connectivity index (χ4v) is 4.74. The van der Waals surface area contributed by atoms with E-state index in [0.717, 1.165) is 25.8 Å². The van der Waals surface area contributed by atoms with Crippen molar-refractivity contribution in [2.24, 2.45) is 0 Å².